The molecule has 1 atom stereocenters. The van der Waals surface area contributed by atoms with Crippen LogP contribution in [-0.2, 0) is 9.53 Å². The van der Waals surface area contributed by atoms with Gasteiger partial charge in [-0.15, -0.1) is 6.58 Å². The Kier molecular flexibility index (Phi) is 6.16. The molecule has 0 aromatic heterocycles. The van der Waals surface area contributed by atoms with Crippen molar-refractivity contribution in [2.24, 2.45) is 5.92 Å². The number of carbonyl (C=O) groups is 1. The van der Waals surface area contributed by atoms with Gasteiger partial charge in [-0.05, 0) is 25.7 Å². The van der Waals surface area contributed by atoms with E-state index < -0.39 is 0 Å². The van der Waals surface area contributed by atoms with Crippen LogP contribution in [0.3, 0.4) is 0 Å². The van der Waals surface area contributed by atoms with Gasteiger partial charge in [-0.1, -0.05) is 25.3 Å². The summed E-state index contributed by atoms with van der Waals surface area (Å²) >= 11 is 0. The molecule has 0 aromatic rings. The van der Waals surface area contributed by atoms with Crippen LogP contribution in [-0.4, -0.2) is 25.2 Å². The monoisotopic (exact) mass is 225 g/mol. The lowest BCUT2D eigenvalue weighted by Gasteiger charge is -2.29. The topological polar surface area (TPSA) is 38.3 Å². The zero-order chi connectivity index (χ0) is 11.8. The Hall–Kier alpha value is -0.830. The minimum atomic E-state index is -0.141. The SMILES string of the molecule is C=CCNC(C(=O)OCC)C1CCCCC1. The van der Waals surface area contributed by atoms with Crippen LogP contribution in [0.2, 0.25) is 0 Å². The Morgan fingerprint density at radius 2 is 2.19 bits per heavy atom. The van der Waals surface area contributed by atoms with Crippen molar-refractivity contribution in [1.29, 1.82) is 0 Å². The number of esters is 1. The van der Waals surface area contributed by atoms with E-state index in [0.29, 0.717) is 19.1 Å². The maximum atomic E-state index is 11.8. The van der Waals surface area contributed by atoms with Crippen LogP contribution in [0.1, 0.15) is 39.0 Å². The first-order valence-corrected chi connectivity index (χ1v) is 6.30. The van der Waals surface area contributed by atoms with Gasteiger partial charge in [-0.2, -0.15) is 0 Å². The van der Waals surface area contributed by atoms with Gasteiger partial charge in [0.1, 0.15) is 6.04 Å². The lowest BCUT2D eigenvalue weighted by atomic mass is 9.84. The summed E-state index contributed by atoms with van der Waals surface area (Å²) in [7, 11) is 0. The maximum absolute atomic E-state index is 11.8. The standard InChI is InChI=1S/C13H23NO2/c1-3-10-14-12(13(15)16-4-2)11-8-6-5-7-9-11/h3,11-12,14H,1,4-10H2,2H3. The molecule has 1 aliphatic rings. The fourth-order valence-electron chi connectivity index (χ4n) is 2.35. The Labute approximate surface area is 98.2 Å². The largest absolute Gasteiger partial charge is 0.465 e. The molecule has 3 heteroatoms. The molecule has 0 amide bonds. The number of carbonyl (C=O) groups excluding carboxylic acids is 1. The van der Waals surface area contributed by atoms with Crippen molar-refractivity contribution in [3.05, 3.63) is 12.7 Å². The van der Waals surface area contributed by atoms with Gasteiger partial charge in [0, 0.05) is 6.54 Å². The van der Waals surface area contributed by atoms with Gasteiger partial charge in [0.2, 0.25) is 0 Å². The van der Waals surface area contributed by atoms with Gasteiger partial charge < -0.3 is 10.1 Å². The van der Waals surface area contributed by atoms with Gasteiger partial charge in [0.05, 0.1) is 6.61 Å². The summed E-state index contributed by atoms with van der Waals surface area (Å²) < 4.78 is 5.12. The van der Waals surface area contributed by atoms with Gasteiger partial charge in [-0.25, -0.2) is 0 Å². The summed E-state index contributed by atoms with van der Waals surface area (Å²) in [6.07, 6.45) is 7.82. The molecule has 0 saturated heterocycles. The molecule has 1 saturated carbocycles. The molecule has 1 rings (SSSR count). The molecule has 1 aliphatic carbocycles. The third-order valence-corrected chi connectivity index (χ3v) is 3.14. The summed E-state index contributed by atoms with van der Waals surface area (Å²) in [4.78, 5) is 11.8. The van der Waals surface area contributed by atoms with E-state index in [0.717, 1.165) is 12.8 Å². The zero-order valence-corrected chi connectivity index (χ0v) is 10.2. The summed E-state index contributed by atoms with van der Waals surface area (Å²) in [5, 5.41) is 3.23. The van der Waals surface area contributed by atoms with E-state index in [-0.39, 0.29) is 12.0 Å². The average molecular weight is 225 g/mol. The summed E-state index contributed by atoms with van der Waals surface area (Å²) in [5.74, 6) is 0.337. The smallest absolute Gasteiger partial charge is 0.323 e. The average Bonchev–Trinajstić information content (AvgIpc) is 2.31. The van der Waals surface area contributed by atoms with E-state index in [9.17, 15) is 4.79 Å². The van der Waals surface area contributed by atoms with Gasteiger partial charge in [-0.3, -0.25) is 4.79 Å². The predicted octanol–water partition coefficient (Wildman–Crippen LogP) is 2.27. The van der Waals surface area contributed by atoms with Crippen LogP contribution in [0.25, 0.3) is 0 Å². The van der Waals surface area contributed by atoms with Crippen LogP contribution < -0.4 is 5.32 Å². The normalized spacial score (nSPS) is 19.1. The highest BCUT2D eigenvalue weighted by Gasteiger charge is 2.29. The first-order valence-electron chi connectivity index (χ1n) is 6.30. The predicted molar refractivity (Wildman–Crippen MR) is 65.2 cm³/mol. The molecule has 0 aliphatic heterocycles. The molecule has 1 fully saturated rings. The van der Waals surface area contributed by atoms with Crippen molar-refractivity contribution in [1.82, 2.24) is 5.32 Å². The zero-order valence-electron chi connectivity index (χ0n) is 10.2. The van der Waals surface area contributed by atoms with Crippen molar-refractivity contribution in [2.75, 3.05) is 13.2 Å². The Bertz CT molecular complexity index is 222. The van der Waals surface area contributed by atoms with E-state index in [2.05, 4.69) is 11.9 Å². The molecule has 0 bridgehead atoms. The van der Waals surface area contributed by atoms with Crippen molar-refractivity contribution < 1.29 is 9.53 Å². The summed E-state index contributed by atoms with van der Waals surface area (Å²) in [5.41, 5.74) is 0. The first kappa shape index (κ1) is 13.2. The summed E-state index contributed by atoms with van der Waals surface area (Å²) in [6, 6.07) is -0.141. The van der Waals surface area contributed by atoms with E-state index >= 15 is 0 Å². The van der Waals surface area contributed by atoms with Gasteiger partial charge in [0.25, 0.3) is 0 Å². The molecule has 0 radical (unpaired) electrons. The number of hydrogen-bond acceptors (Lipinski definition) is 3. The molecule has 16 heavy (non-hydrogen) atoms. The second-order valence-electron chi connectivity index (χ2n) is 4.32. The molecule has 92 valence electrons. The van der Waals surface area contributed by atoms with Gasteiger partial charge >= 0.3 is 5.97 Å². The summed E-state index contributed by atoms with van der Waals surface area (Å²) in [6.45, 7) is 6.64. The molecule has 0 heterocycles. The van der Waals surface area contributed by atoms with E-state index in [4.69, 9.17) is 4.74 Å². The number of ether oxygens (including phenoxy) is 1. The van der Waals surface area contributed by atoms with Crippen molar-refractivity contribution in [3.8, 4) is 0 Å². The number of nitrogens with one attached hydrogen (secondary N) is 1. The highest BCUT2D eigenvalue weighted by molar-refractivity contribution is 5.76. The van der Waals surface area contributed by atoms with Crippen LogP contribution in [0.15, 0.2) is 12.7 Å². The molecule has 1 N–H and O–H groups in total. The molecule has 1 unspecified atom stereocenters. The minimum absolute atomic E-state index is 0.101. The van der Waals surface area contributed by atoms with Crippen LogP contribution >= 0.6 is 0 Å². The van der Waals surface area contributed by atoms with Crippen molar-refractivity contribution in [3.63, 3.8) is 0 Å². The molecular weight excluding hydrogens is 202 g/mol. The maximum Gasteiger partial charge on any atom is 0.323 e. The Morgan fingerprint density at radius 1 is 1.50 bits per heavy atom. The van der Waals surface area contributed by atoms with Crippen LogP contribution in [0, 0.1) is 5.92 Å². The van der Waals surface area contributed by atoms with E-state index in [1.807, 2.05) is 6.92 Å². The highest BCUT2D eigenvalue weighted by Crippen LogP contribution is 2.27. The second kappa shape index (κ2) is 7.44. The minimum Gasteiger partial charge on any atom is -0.465 e. The molecule has 0 spiro atoms. The third kappa shape index (κ3) is 3.97. The first-order chi connectivity index (χ1) is 7.79. The Balaban J connectivity index is 2.53. The molecular formula is C13H23NO2. The van der Waals surface area contributed by atoms with Crippen molar-refractivity contribution in [2.45, 2.75) is 45.1 Å². The van der Waals surface area contributed by atoms with E-state index in [1.165, 1.54) is 19.3 Å². The van der Waals surface area contributed by atoms with Gasteiger partial charge in [0.15, 0.2) is 0 Å². The van der Waals surface area contributed by atoms with E-state index in [1.54, 1.807) is 6.08 Å². The highest BCUT2D eigenvalue weighted by atomic mass is 16.5. The van der Waals surface area contributed by atoms with Crippen molar-refractivity contribution >= 4 is 5.97 Å². The Morgan fingerprint density at radius 3 is 2.75 bits per heavy atom. The second-order valence-corrected chi connectivity index (χ2v) is 4.32. The lowest BCUT2D eigenvalue weighted by Crippen LogP contribution is -2.44. The quantitative estimate of drug-likeness (QED) is 0.556. The van der Waals surface area contributed by atoms with Crippen LogP contribution in [0.4, 0.5) is 0 Å². The number of rotatable bonds is 6. The fraction of sp³-hybridized carbons (Fsp3) is 0.769. The van der Waals surface area contributed by atoms with Crippen LogP contribution in [0.5, 0.6) is 0 Å². The fourth-order valence-corrected chi connectivity index (χ4v) is 2.35. The molecule has 0 aromatic carbocycles. The molecule has 3 nitrogen and oxygen atoms in total. The lowest BCUT2D eigenvalue weighted by molar-refractivity contribution is -0.147. The third-order valence-electron chi connectivity index (χ3n) is 3.14. The number of hydrogen-bond donors (Lipinski definition) is 1.